The van der Waals surface area contributed by atoms with Crippen LogP contribution in [0.25, 0.3) is 10.9 Å². The summed E-state index contributed by atoms with van der Waals surface area (Å²) in [4.78, 5) is 26.9. The molecule has 1 aliphatic heterocycles. The largest absolute Gasteiger partial charge is 0.573 e. The molecule has 0 N–H and O–H groups in total. The average Bonchev–Trinajstić information content (AvgIpc) is 3.16. The van der Waals surface area contributed by atoms with Gasteiger partial charge in [0, 0.05) is 55.7 Å². The Morgan fingerprint density at radius 1 is 1.18 bits per heavy atom. The summed E-state index contributed by atoms with van der Waals surface area (Å²) >= 11 is 13.3. The van der Waals surface area contributed by atoms with Crippen molar-refractivity contribution in [3.8, 4) is 5.75 Å². The molecule has 1 amide bonds. The summed E-state index contributed by atoms with van der Waals surface area (Å²) in [5.41, 5.74) is 2.85. The predicted octanol–water partition coefficient (Wildman–Crippen LogP) is 6.94. The molecular weight excluding hydrogens is 556 g/mol. The van der Waals surface area contributed by atoms with Crippen molar-refractivity contribution in [2.75, 3.05) is 20.2 Å². The number of piperidine rings is 1. The topological polar surface area (TPSA) is 60.8 Å². The molecule has 1 fully saturated rings. The predicted molar refractivity (Wildman–Crippen MR) is 143 cm³/mol. The second-order valence-electron chi connectivity index (χ2n) is 10.1. The molecule has 2 aromatic carbocycles. The van der Waals surface area contributed by atoms with E-state index in [9.17, 15) is 22.8 Å². The number of amides is 1. The molecule has 2 atom stereocenters. The zero-order chi connectivity index (χ0) is 28.6. The molecule has 3 aromatic rings. The first-order valence-electron chi connectivity index (χ1n) is 12.5. The Morgan fingerprint density at radius 3 is 2.54 bits per heavy atom. The molecule has 39 heavy (non-hydrogen) atoms. The molecule has 2 unspecified atom stereocenters. The molecule has 2 heterocycles. The lowest BCUT2D eigenvalue weighted by Crippen LogP contribution is -2.43. The van der Waals surface area contributed by atoms with Gasteiger partial charge in [-0.2, -0.15) is 0 Å². The van der Waals surface area contributed by atoms with Gasteiger partial charge in [0.05, 0.1) is 23.2 Å². The number of ether oxygens (including phenoxy) is 2. The normalized spacial score (nSPS) is 17.9. The number of esters is 1. The summed E-state index contributed by atoms with van der Waals surface area (Å²) < 4.78 is 49.0. The van der Waals surface area contributed by atoms with E-state index in [0.29, 0.717) is 53.2 Å². The first kappa shape index (κ1) is 29.1. The van der Waals surface area contributed by atoms with Gasteiger partial charge >= 0.3 is 12.3 Å². The number of aryl methyl sites for hydroxylation is 2. The van der Waals surface area contributed by atoms with E-state index < -0.39 is 6.36 Å². The Labute approximate surface area is 234 Å². The summed E-state index contributed by atoms with van der Waals surface area (Å²) in [6.07, 6.45) is -1.72. The van der Waals surface area contributed by atoms with Gasteiger partial charge in [-0.25, -0.2) is 0 Å². The van der Waals surface area contributed by atoms with Crippen LogP contribution in [-0.2, 0) is 23.0 Å². The van der Waals surface area contributed by atoms with Gasteiger partial charge in [-0.15, -0.1) is 13.2 Å². The standard InChI is InChI=1S/C28H29Cl2F3N2O4/c1-15-9-19(39-28(31,32)33)12-23-25(15)18(14-34(23)3)10-21-22(29)6-5-20(26(21)30)27(37)35-8-7-17(16(2)13-35)11-24(36)38-4/h5-6,9,12,14,16-17H,7-8,10-11,13H2,1-4H3. The van der Waals surface area contributed by atoms with Crippen LogP contribution in [0.3, 0.4) is 0 Å². The van der Waals surface area contributed by atoms with Crippen LogP contribution in [0.4, 0.5) is 13.2 Å². The van der Waals surface area contributed by atoms with Gasteiger partial charge in [0.25, 0.3) is 5.91 Å². The van der Waals surface area contributed by atoms with E-state index >= 15 is 0 Å². The zero-order valence-electron chi connectivity index (χ0n) is 22.0. The van der Waals surface area contributed by atoms with Gasteiger partial charge in [0.1, 0.15) is 5.75 Å². The smallest absolute Gasteiger partial charge is 0.469 e. The number of carbonyl (C=O) groups excluding carboxylic acids is 2. The minimum Gasteiger partial charge on any atom is -0.469 e. The minimum atomic E-state index is -4.80. The summed E-state index contributed by atoms with van der Waals surface area (Å²) in [6, 6.07) is 5.93. The molecule has 6 nitrogen and oxygen atoms in total. The van der Waals surface area contributed by atoms with E-state index in [1.807, 2.05) is 13.1 Å². The fourth-order valence-electron chi connectivity index (χ4n) is 5.39. The number of nitrogens with zero attached hydrogens (tertiary/aromatic N) is 2. The zero-order valence-corrected chi connectivity index (χ0v) is 23.5. The van der Waals surface area contributed by atoms with Crippen LogP contribution >= 0.6 is 23.2 Å². The summed E-state index contributed by atoms with van der Waals surface area (Å²) in [5, 5.41) is 1.38. The number of halogens is 5. The second-order valence-corrected chi connectivity index (χ2v) is 10.9. The molecule has 0 spiro atoms. The SMILES string of the molecule is COC(=O)CC1CCN(C(=O)c2ccc(Cl)c(Cc3cn(C)c4cc(OC(F)(F)F)cc(C)c34)c2Cl)CC1C. The molecule has 0 aliphatic carbocycles. The van der Waals surface area contributed by atoms with Crippen molar-refractivity contribution in [2.45, 2.75) is 39.5 Å². The Morgan fingerprint density at radius 2 is 1.90 bits per heavy atom. The van der Waals surface area contributed by atoms with Gasteiger partial charge in [-0.3, -0.25) is 9.59 Å². The van der Waals surface area contributed by atoms with Crippen molar-refractivity contribution < 1.29 is 32.2 Å². The van der Waals surface area contributed by atoms with Crippen LogP contribution in [0, 0.1) is 18.8 Å². The fourth-order valence-corrected chi connectivity index (χ4v) is 5.98. The van der Waals surface area contributed by atoms with E-state index in [1.165, 1.54) is 19.2 Å². The summed E-state index contributed by atoms with van der Waals surface area (Å²) in [7, 11) is 3.10. The van der Waals surface area contributed by atoms with Crippen LogP contribution in [0.5, 0.6) is 5.75 Å². The number of carbonyl (C=O) groups is 2. The lowest BCUT2D eigenvalue weighted by atomic mass is 9.84. The first-order chi connectivity index (χ1) is 18.3. The molecular formula is C28H29Cl2F3N2O4. The highest BCUT2D eigenvalue weighted by atomic mass is 35.5. The Bertz CT molecular complexity index is 1420. The van der Waals surface area contributed by atoms with Gasteiger partial charge in [0.15, 0.2) is 0 Å². The molecule has 1 aromatic heterocycles. The van der Waals surface area contributed by atoms with Crippen molar-refractivity contribution in [3.05, 3.63) is 62.8 Å². The number of rotatable bonds is 6. The maximum atomic E-state index is 13.5. The van der Waals surface area contributed by atoms with Crippen LogP contribution in [0.15, 0.2) is 30.5 Å². The number of aromatic nitrogens is 1. The van der Waals surface area contributed by atoms with E-state index in [4.69, 9.17) is 27.9 Å². The monoisotopic (exact) mass is 584 g/mol. The quantitative estimate of drug-likeness (QED) is 0.294. The van der Waals surface area contributed by atoms with Crippen LogP contribution in [-0.4, -0.2) is 47.9 Å². The molecule has 210 valence electrons. The maximum absolute atomic E-state index is 13.5. The molecule has 0 bridgehead atoms. The lowest BCUT2D eigenvalue weighted by molar-refractivity contribution is -0.274. The highest BCUT2D eigenvalue weighted by Crippen LogP contribution is 2.37. The Kier molecular flexibility index (Phi) is 8.42. The number of likely N-dealkylation sites (tertiary alicyclic amines) is 1. The van der Waals surface area contributed by atoms with Crippen molar-refractivity contribution in [2.24, 2.45) is 18.9 Å². The van der Waals surface area contributed by atoms with Crippen LogP contribution < -0.4 is 4.74 Å². The third-order valence-electron chi connectivity index (χ3n) is 7.38. The van der Waals surface area contributed by atoms with Crippen molar-refractivity contribution in [1.82, 2.24) is 9.47 Å². The molecule has 0 saturated carbocycles. The molecule has 1 aliphatic rings. The van der Waals surface area contributed by atoms with Gasteiger partial charge in [0.2, 0.25) is 0 Å². The maximum Gasteiger partial charge on any atom is 0.573 e. The van der Waals surface area contributed by atoms with Crippen molar-refractivity contribution >= 4 is 46.0 Å². The number of methoxy groups -OCH3 is 1. The number of hydrogen-bond acceptors (Lipinski definition) is 4. The highest BCUT2D eigenvalue weighted by Gasteiger charge is 2.33. The fraction of sp³-hybridized carbons (Fsp3) is 0.429. The number of alkyl halides is 3. The minimum absolute atomic E-state index is 0.109. The van der Waals surface area contributed by atoms with Gasteiger partial charge in [-0.05, 0) is 60.1 Å². The van der Waals surface area contributed by atoms with Crippen LogP contribution in [0.2, 0.25) is 10.0 Å². The number of hydrogen-bond donors (Lipinski definition) is 0. The van der Waals surface area contributed by atoms with Crippen LogP contribution in [0.1, 0.15) is 46.8 Å². The van der Waals surface area contributed by atoms with Gasteiger partial charge in [-0.1, -0.05) is 30.1 Å². The lowest BCUT2D eigenvalue weighted by Gasteiger charge is -2.36. The first-order valence-corrected chi connectivity index (χ1v) is 13.2. The highest BCUT2D eigenvalue weighted by molar-refractivity contribution is 6.38. The second kappa shape index (κ2) is 11.3. The van der Waals surface area contributed by atoms with E-state index in [2.05, 4.69) is 4.74 Å². The van der Waals surface area contributed by atoms with E-state index in [1.54, 1.807) is 35.6 Å². The van der Waals surface area contributed by atoms with Crippen molar-refractivity contribution in [1.29, 1.82) is 0 Å². The van der Waals surface area contributed by atoms with Gasteiger partial charge < -0.3 is 18.9 Å². The molecule has 0 radical (unpaired) electrons. The summed E-state index contributed by atoms with van der Waals surface area (Å²) in [5.74, 6) is -0.533. The third-order valence-corrected chi connectivity index (χ3v) is 8.17. The van der Waals surface area contributed by atoms with E-state index in [0.717, 1.165) is 10.9 Å². The number of fused-ring (bicyclic) bond motifs is 1. The molecule has 4 rings (SSSR count). The van der Waals surface area contributed by atoms with Crippen molar-refractivity contribution in [3.63, 3.8) is 0 Å². The summed E-state index contributed by atoms with van der Waals surface area (Å²) in [6.45, 7) is 4.70. The Hall–Kier alpha value is -2.91. The van der Waals surface area contributed by atoms with E-state index in [-0.39, 0.29) is 40.9 Å². The number of benzene rings is 2. The average molecular weight is 585 g/mol. The Balaban J connectivity index is 1.61. The third kappa shape index (κ3) is 6.30. The molecule has 1 saturated heterocycles. The molecule has 11 heteroatoms.